The topological polar surface area (TPSA) is 78.2 Å². The lowest BCUT2D eigenvalue weighted by Gasteiger charge is -2.04. The highest BCUT2D eigenvalue weighted by molar-refractivity contribution is 8.12. The smallest absolute Gasteiger partial charge is 0.251 e. The molecule has 1 rings (SSSR count). The fourth-order valence-electron chi connectivity index (χ4n) is 1.44. The minimum absolute atomic E-state index is 0.0262. The van der Waals surface area contributed by atoms with Gasteiger partial charge in [-0.15, -0.1) is 0 Å². The maximum Gasteiger partial charge on any atom is 0.251 e. The lowest BCUT2D eigenvalue weighted by Crippen LogP contribution is -2.54. The molecule has 20 heavy (non-hydrogen) atoms. The van der Waals surface area contributed by atoms with Gasteiger partial charge in [0.25, 0.3) is 5.91 Å². The van der Waals surface area contributed by atoms with Gasteiger partial charge in [-0.3, -0.25) is 9.59 Å². The predicted molar refractivity (Wildman–Crippen MR) is 78.9 cm³/mol. The molecule has 0 saturated heterocycles. The lowest BCUT2D eigenvalue weighted by molar-refractivity contribution is -0.364. The molecule has 1 aromatic rings. The van der Waals surface area contributed by atoms with Crippen LogP contribution in [0.15, 0.2) is 24.3 Å². The van der Waals surface area contributed by atoms with Crippen LogP contribution in [0.25, 0.3) is 4.85 Å². The summed E-state index contributed by atoms with van der Waals surface area (Å²) in [4.78, 5) is 26.2. The Balaban J connectivity index is 2.44. The van der Waals surface area contributed by atoms with E-state index in [1.807, 2.05) is 12.1 Å². The number of carbonyl (C=O) groups is 2. The molecule has 106 valence electrons. The molecule has 0 unspecified atom stereocenters. The first-order valence-electron chi connectivity index (χ1n) is 6.32. The molecule has 0 aliphatic rings. The van der Waals surface area contributed by atoms with Crippen LogP contribution in [0, 0.1) is 6.57 Å². The van der Waals surface area contributed by atoms with Gasteiger partial charge < -0.3 is 15.9 Å². The predicted octanol–water partition coefficient (Wildman–Crippen LogP) is 0.727. The largest absolute Gasteiger partial charge is 0.356 e. The van der Waals surface area contributed by atoms with Crippen LogP contribution in [0.1, 0.15) is 22.3 Å². The molecule has 0 heterocycles. The van der Waals surface area contributed by atoms with Crippen molar-refractivity contribution in [3.8, 4) is 0 Å². The van der Waals surface area contributed by atoms with E-state index in [0.29, 0.717) is 30.8 Å². The maximum absolute atomic E-state index is 11.7. The van der Waals surface area contributed by atoms with E-state index in [2.05, 4.69) is 15.9 Å². The van der Waals surface area contributed by atoms with Gasteiger partial charge in [0.1, 0.15) is 0 Å². The summed E-state index contributed by atoms with van der Waals surface area (Å²) >= 11 is 1.21. The van der Waals surface area contributed by atoms with Crippen LogP contribution in [-0.2, 0) is 10.5 Å². The number of carbonyl (C=O) groups excluding carboxylic acids is 2. The third-order valence-electron chi connectivity index (χ3n) is 2.51. The highest BCUT2D eigenvalue weighted by Gasteiger charge is 2.07. The van der Waals surface area contributed by atoms with Crippen LogP contribution in [0.4, 0.5) is 0 Å². The molecule has 0 aliphatic heterocycles. The van der Waals surface area contributed by atoms with E-state index in [9.17, 15) is 9.59 Å². The zero-order valence-corrected chi connectivity index (χ0v) is 12.0. The second kappa shape index (κ2) is 9.13. The van der Waals surface area contributed by atoms with Crippen LogP contribution in [-0.4, -0.2) is 30.7 Å². The zero-order chi connectivity index (χ0) is 14.8. The van der Waals surface area contributed by atoms with Crippen LogP contribution in [0.2, 0.25) is 0 Å². The molecule has 0 bridgehead atoms. The number of nitrogens with zero attached hydrogens (tertiary/aromatic N) is 1. The molecule has 0 fully saturated rings. The molecule has 0 atom stereocenters. The SMILES string of the molecule is [C-]#[N+]CCC(=O)SCc1ccc(C(=O)NCC[NH3+])cc1. The van der Waals surface area contributed by atoms with Gasteiger partial charge in [-0.2, -0.15) is 0 Å². The average Bonchev–Trinajstić information content (AvgIpc) is 2.49. The van der Waals surface area contributed by atoms with E-state index < -0.39 is 0 Å². The number of thioether (sulfide) groups is 1. The fourth-order valence-corrected chi connectivity index (χ4v) is 2.20. The van der Waals surface area contributed by atoms with Crippen LogP contribution in [0.5, 0.6) is 0 Å². The number of benzene rings is 1. The van der Waals surface area contributed by atoms with Crippen LogP contribution in [0.3, 0.4) is 0 Å². The van der Waals surface area contributed by atoms with Gasteiger partial charge in [-0.25, -0.2) is 6.57 Å². The third kappa shape index (κ3) is 5.87. The molecule has 6 heteroatoms. The Morgan fingerprint density at radius 1 is 1.30 bits per heavy atom. The summed E-state index contributed by atoms with van der Waals surface area (Å²) in [6.45, 7) is 8.09. The number of rotatable bonds is 7. The van der Waals surface area contributed by atoms with Crippen molar-refractivity contribution in [2.75, 3.05) is 19.6 Å². The van der Waals surface area contributed by atoms with E-state index in [-0.39, 0.29) is 17.6 Å². The Hall–Kier alpha value is -1.84. The standard InChI is InChI=1S/C14H17N3O2S/c1-16-8-6-13(18)20-10-11-2-4-12(5-3-11)14(19)17-9-7-15/h2-5H,6-10,15H2,(H,17,19)/p+1. The minimum atomic E-state index is -0.110. The van der Waals surface area contributed by atoms with Gasteiger partial charge >= 0.3 is 0 Å². The highest BCUT2D eigenvalue weighted by atomic mass is 32.2. The first kappa shape index (κ1) is 16.2. The van der Waals surface area contributed by atoms with Gasteiger partial charge in [0.05, 0.1) is 19.5 Å². The van der Waals surface area contributed by atoms with E-state index in [0.717, 1.165) is 5.56 Å². The number of quaternary nitrogens is 1. The number of amides is 1. The molecule has 5 nitrogen and oxygen atoms in total. The van der Waals surface area contributed by atoms with Crippen molar-refractivity contribution in [3.05, 3.63) is 46.8 Å². The fraction of sp³-hybridized carbons (Fsp3) is 0.357. The summed E-state index contributed by atoms with van der Waals surface area (Å²) in [5.74, 6) is 0.457. The maximum atomic E-state index is 11.7. The van der Waals surface area contributed by atoms with E-state index in [1.165, 1.54) is 11.8 Å². The normalized spacial score (nSPS) is 9.80. The Labute approximate surface area is 122 Å². The number of nitrogens with one attached hydrogen (secondary N) is 1. The monoisotopic (exact) mass is 292 g/mol. The van der Waals surface area contributed by atoms with Gasteiger partial charge in [0, 0.05) is 11.3 Å². The Morgan fingerprint density at radius 2 is 2.00 bits per heavy atom. The van der Waals surface area contributed by atoms with Gasteiger partial charge in [-0.05, 0) is 17.7 Å². The minimum Gasteiger partial charge on any atom is -0.356 e. The Morgan fingerprint density at radius 3 is 2.60 bits per heavy atom. The van der Waals surface area contributed by atoms with E-state index in [4.69, 9.17) is 6.57 Å². The van der Waals surface area contributed by atoms with E-state index in [1.54, 1.807) is 12.1 Å². The summed E-state index contributed by atoms with van der Waals surface area (Å²) in [6.07, 6.45) is 0.291. The lowest BCUT2D eigenvalue weighted by atomic mass is 10.1. The molecule has 0 radical (unpaired) electrons. The quantitative estimate of drug-likeness (QED) is 0.727. The Bertz CT molecular complexity index is 494. The van der Waals surface area contributed by atoms with Crippen molar-refractivity contribution in [1.82, 2.24) is 5.32 Å². The summed E-state index contributed by atoms with van der Waals surface area (Å²) in [5.41, 5.74) is 5.25. The first-order valence-corrected chi connectivity index (χ1v) is 7.31. The highest BCUT2D eigenvalue weighted by Crippen LogP contribution is 2.15. The molecule has 0 saturated carbocycles. The molecule has 0 spiro atoms. The van der Waals surface area contributed by atoms with Gasteiger partial charge in [0.2, 0.25) is 6.54 Å². The second-order valence-corrected chi connectivity index (χ2v) is 5.13. The van der Waals surface area contributed by atoms with Gasteiger partial charge in [-0.1, -0.05) is 23.9 Å². The van der Waals surface area contributed by atoms with Crippen molar-refractivity contribution in [1.29, 1.82) is 0 Å². The van der Waals surface area contributed by atoms with Crippen molar-refractivity contribution in [2.45, 2.75) is 12.2 Å². The van der Waals surface area contributed by atoms with Crippen LogP contribution >= 0.6 is 11.8 Å². The summed E-state index contributed by atoms with van der Waals surface area (Å²) < 4.78 is 0. The van der Waals surface area contributed by atoms with Crippen molar-refractivity contribution < 1.29 is 15.3 Å². The molecule has 0 aliphatic carbocycles. The summed E-state index contributed by atoms with van der Waals surface area (Å²) in [7, 11) is 0. The molecule has 1 amide bonds. The van der Waals surface area contributed by atoms with Crippen LogP contribution < -0.4 is 11.1 Å². The molecule has 1 aromatic carbocycles. The van der Waals surface area contributed by atoms with Crippen molar-refractivity contribution in [3.63, 3.8) is 0 Å². The van der Waals surface area contributed by atoms with Gasteiger partial charge in [0.15, 0.2) is 5.12 Å². The van der Waals surface area contributed by atoms with E-state index >= 15 is 0 Å². The average molecular weight is 292 g/mol. The molecule has 0 aromatic heterocycles. The van der Waals surface area contributed by atoms with Crippen molar-refractivity contribution in [2.24, 2.45) is 0 Å². The molecule has 4 N–H and O–H groups in total. The first-order chi connectivity index (χ1) is 9.67. The van der Waals surface area contributed by atoms with Crippen molar-refractivity contribution >= 4 is 22.8 Å². The summed E-state index contributed by atoms with van der Waals surface area (Å²) in [5, 5.41) is 2.78. The number of hydrogen-bond donors (Lipinski definition) is 2. The number of hydrogen-bond acceptors (Lipinski definition) is 3. The second-order valence-electron chi connectivity index (χ2n) is 4.10. The third-order valence-corrected chi connectivity index (χ3v) is 3.51. The molecular weight excluding hydrogens is 274 g/mol. The zero-order valence-electron chi connectivity index (χ0n) is 11.2. The Kier molecular flexibility index (Phi) is 7.40. The molecular formula is C14H18N3O2S+. The summed E-state index contributed by atoms with van der Waals surface area (Å²) in [6, 6.07) is 7.18.